The number of halogens is 2. The number of nitrogens with zero attached hydrogens (tertiary/aromatic N) is 2. The van der Waals surface area contributed by atoms with Crippen LogP contribution in [0.2, 0.25) is 10.0 Å². The van der Waals surface area contributed by atoms with Gasteiger partial charge >= 0.3 is 6.03 Å². The Morgan fingerprint density at radius 3 is 2.73 bits per heavy atom. The number of benzene rings is 1. The molecule has 2 aromatic rings. The number of pyridine rings is 1. The summed E-state index contributed by atoms with van der Waals surface area (Å²) < 4.78 is 0. The molecule has 0 aliphatic heterocycles. The zero-order valence-corrected chi connectivity index (χ0v) is 15.6. The number of rotatable bonds is 9. The van der Waals surface area contributed by atoms with E-state index >= 15 is 0 Å². The van der Waals surface area contributed by atoms with Crippen LogP contribution in [-0.2, 0) is 13.0 Å². The van der Waals surface area contributed by atoms with Crippen LogP contribution in [0, 0.1) is 5.53 Å². The van der Waals surface area contributed by atoms with Gasteiger partial charge in [0.1, 0.15) is 5.82 Å². The van der Waals surface area contributed by atoms with Crippen LogP contribution in [0.5, 0.6) is 0 Å². The van der Waals surface area contributed by atoms with Gasteiger partial charge in [-0.1, -0.05) is 35.3 Å². The van der Waals surface area contributed by atoms with Gasteiger partial charge in [0, 0.05) is 31.7 Å². The zero-order chi connectivity index (χ0) is 18.8. The van der Waals surface area contributed by atoms with Crippen molar-refractivity contribution in [3.05, 3.63) is 57.7 Å². The van der Waals surface area contributed by atoms with Crippen LogP contribution in [0.1, 0.15) is 11.3 Å². The van der Waals surface area contributed by atoms with Crippen LogP contribution < -0.4 is 16.0 Å². The topological polar surface area (TPSA) is 102 Å². The quantitative estimate of drug-likeness (QED) is 0.383. The first-order valence-electron chi connectivity index (χ1n) is 8.07. The van der Waals surface area contributed by atoms with Crippen LogP contribution in [0.4, 0.5) is 10.6 Å². The summed E-state index contributed by atoms with van der Waals surface area (Å²) in [5, 5.41) is 12.9. The van der Waals surface area contributed by atoms with Gasteiger partial charge in [0.25, 0.3) is 0 Å². The fraction of sp³-hybridized carbons (Fsp3) is 0.294. The van der Waals surface area contributed by atoms with Crippen LogP contribution in [0.3, 0.4) is 0 Å². The molecule has 0 radical (unpaired) electrons. The van der Waals surface area contributed by atoms with Crippen molar-refractivity contribution in [2.24, 2.45) is 5.11 Å². The summed E-state index contributed by atoms with van der Waals surface area (Å²) >= 11 is 11.8. The highest BCUT2D eigenvalue weighted by Crippen LogP contribution is 2.22. The summed E-state index contributed by atoms with van der Waals surface area (Å²) in [6.45, 7) is 1.80. The third-order valence-corrected chi connectivity index (χ3v) is 4.18. The molecule has 9 heteroatoms. The van der Waals surface area contributed by atoms with E-state index < -0.39 is 0 Å². The van der Waals surface area contributed by atoms with Crippen LogP contribution in [-0.4, -0.2) is 30.6 Å². The summed E-state index contributed by atoms with van der Waals surface area (Å²) in [5.74, 6) is 0.732. The fourth-order valence-corrected chi connectivity index (χ4v) is 2.48. The highest BCUT2D eigenvalue weighted by molar-refractivity contribution is 6.42. The van der Waals surface area contributed by atoms with E-state index in [-0.39, 0.29) is 6.03 Å². The maximum absolute atomic E-state index is 11.9. The average molecular weight is 395 g/mol. The van der Waals surface area contributed by atoms with Crippen molar-refractivity contribution in [3.63, 3.8) is 0 Å². The molecule has 7 nitrogen and oxygen atoms in total. The predicted molar refractivity (Wildman–Crippen MR) is 103 cm³/mol. The van der Waals surface area contributed by atoms with Gasteiger partial charge in [0.15, 0.2) is 0 Å². The highest BCUT2D eigenvalue weighted by Gasteiger charge is 2.04. The normalized spacial score (nSPS) is 10.2. The largest absolute Gasteiger partial charge is 0.368 e. The van der Waals surface area contributed by atoms with E-state index in [0.717, 1.165) is 17.1 Å². The molecule has 26 heavy (non-hydrogen) atoms. The van der Waals surface area contributed by atoms with Crippen molar-refractivity contribution in [3.8, 4) is 0 Å². The van der Waals surface area contributed by atoms with Gasteiger partial charge in [-0.05, 0) is 29.8 Å². The molecular weight excluding hydrogens is 375 g/mol. The third-order valence-electron chi connectivity index (χ3n) is 3.44. The molecule has 0 aliphatic carbocycles. The third kappa shape index (κ3) is 6.85. The molecule has 1 aromatic carbocycles. The van der Waals surface area contributed by atoms with Gasteiger partial charge in [0.05, 0.1) is 16.6 Å². The number of anilines is 1. The predicted octanol–water partition coefficient (Wildman–Crippen LogP) is 3.87. The molecule has 0 bridgehead atoms. The van der Waals surface area contributed by atoms with Crippen molar-refractivity contribution in [1.29, 1.82) is 5.53 Å². The molecule has 0 spiro atoms. The van der Waals surface area contributed by atoms with Gasteiger partial charge in [-0.2, -0.15) is 5.11 Å². The second-order valence-electron chi connectivity index (χ2n) is 5.43. The molecule has 2 amide bonds. The Balaban J connectivity index is 1.71. The molecule has 0 aliphatic rings. The highest BCUT2D eigenvalue weighted by atomic mass is 35.5. The maximum Gasteiger partial charge on any atom is 0.315 e. The fourth-order valence-electron chi connectivity index (χ4n) is 2.16. The standard InChI is InChI=1S/C17H20Cl2N6O/c18-14-5-4-12(10-15(14)19)11-23-17(26)22-7-6-13-2-1-3-16(25-13)21-8-9-24-20/h1-5,10,20H,6-9,11H2,(H,21,25)(H2,22,23,26). The summed E-state index contributed by atoms with van der Waals surface area (Å²) in [4.78, 5) is 16.3. The lowest BCUT2D eigenvalue weighted by Crippen LogP contribution is -2.36. The number of nitrogens with one attached hydrogen (secondary N) is 4. The lowest BCUT2D eigenvalue weighted by molar-refractivity contribution is 0.240. The number of carbonyl (C=O) groups is 1. The first kappa shape index (κ1) is 19.9. The average Bonchev–Trinajstić information content (AvgIpc) is 2.63. The molecule has 1 aromatic heterocycles. The van der Waals surface area contributed by atoms with E-state index in [0.29, 0.717) is 42.6 Å². The minimum atomic E-state index is -0.262. The summed E-state index contributed by atoms with van der Waals surface area (Å²) in [5.41, 5.74) is 8.49. The second kappa shape index (κ2) is 10.6. The first-order valence-corrected chi connectivity index (χ1v) is 8.82. The van der Waals surface area contributed by atoms with Gasteiger partial charge in [-0.15, -0.1) is 0 Å². The van der Waals surface area contributed by atoms with Gasteiger partial charge in [-0.25, -0.2) is 15.3 Å². The molecule has 0 unspecified atom stereocenters. The zero-order valence-electron chi connectivity index (χ0n) is 14.1. The maximum atomic E-state index is 11.9. The second-order valence-corrected chi connectivity index (χ2v) is 6.24. The smallest absolute Gasteiger partial charge is 0.315 e. The summed E-state index contributed by atoms with van der Waals surface area (Å²) in [6, 6.07) is 10.6. The number of carbonyl (C=O) groups excluding carboxylic acids is 1. The molecule has 4 N–H and O–H groups in total. The van der Waals surface area contributed by atoms with E-state index in [4.69, 9.17) is 28.7 Å². The lowest BCUT2D eigenvalue weighted by Gasteiger charge is -2.09. The molecule has 0 saturated carbocycles. The Labute approximate surface area is 162 Å². The van der Waals surface area contributed by atoms with E-state index in [1.807, 2.05) is 24.3 Å². The molecule has 0 atom stereocenters. The van der Waals surface area contributed by atoms with Gasteiger partial charge < -0.3 is 16.0 Å². The van der Waals surface area contributed by atoms with Crippen molar-refractivity contribution < 1.29 is 4.79 Å². The van der Waals surface area contributed by atoms with E-state index in [1.54, 1.807) is 12.1 Å². The minimum absolute atomic E-state index is 0.262. The van der Waals surface area contributed by atoms with Crippen LogP contribution in [0.25, 0.3) is 0 Å². The van der Waals surface area contributed by atoms with Crippen molar-refractivity contribution >= 4 is 35.1 Å². The Bertz CT molecular complexity index is 756. The van der Waals surface area contributed by atoms with Crippen molar-refractivity contribution in [2.75, 3.05) is 25.0 Å². The van der Waals surface area contributed by atoms with Crippen LogP contribution >= 0.6 is 23.2 Å². The van der Waals surface area contributed by atoms with E-state index in [2.05, 4.69) is 26.0 Å². The van der Waals surface area contributed by atoms with Gasteiger partial charge in [0.2, 0.25) is 0 Å². The number of aromatic nitrogens is 1. The molecule has 138 valence electrons. The number of hydrogen-bond acceptors (Lipinski definition) is 5. The Hall–Kier alpha value is -2.38. The van der Waals surface area contributed by atoms with Gasteiger partial charge in [-0.3, -0.25) is 0 Å². The number of hydrogen-bond donors (Lipinski definition) is 4. The van der Waals surface area contributed by atoms with E-state index in [9.17, 15) is 4.79 Å². The van der Waals surface area contributed by atoms with Crippen molar-refractivity contribution in [1.82, 2.24) is 15.6 Å². The lowest BCUT2D eigenvalue weighted by atomic mass is 10.2. The van der Waals surface area contributed by atoms with E-state index in [1.165, 1.54) is 0 Å². The molecule has 2 rings (SSSR count). The Kier molecular flexibility index (Phi) is 8.11. The molecule has 1 heterocycles. The Morgan fingerprint density at radius 1 is 1.12 bits per heavy atom. The molecule has 0 fully saturated rings. The number of urea groups is 1. The minimum Gasteiger partial charge on any atom is -0.368 e. The monoisotopic (exact) mass is 394 g/mol. The van der Waals surface area contributed by atoms with Crippen molar-refractivity contribution in [2.45, 2.75) is 13.0 Å². The van der Waals surface area contributed by atoms with Crippen LogP contribution in [0.15, 0.2) is 41.5 Å². The summed E-state index contributed by atoms with van der Waals surface area (Å²) in [6.07, 6.45) is 0.610. The molecule has 0 saturated heterocycles. The Morgan fingerprint density at radius 2 is 1.96 bits per heavy atom. The number of amides is 2. The first-order chi connectivity index (χ1) is 12.6. The molecular formula is C17H20Cl2N6O. The summed E-state index contributed by atoms with van der Waals surface area (Å²) in [7, 11) is 0. The SMILES string of the molecule is N=NCCNc1cccc(CCNC(=O)NCc2ccc(Cl)c(Cl)c2)n1.